The maximum absolute atomic E-state index is 13.3. The molecule has 0 saturated carbocycles. The maximum atomic E-state index is 13.3. The molecule has 1 aromatic carbocycles. The van der Waals surface area contributed by atoms with Crippen LogP contribution in [0.5, 0.6) is 0 Å². The van der Waals surface area contributed by atoms with Gasteiger partial charge in [-0.05, 0) is 50.5 Å². The molecular formula is C14H20F2N2. The minimum absolute atomic E-state index is 0.448. The van der Waals surface area contributed by atoms with Crippen LogP contribution in [0, 0.1) is 11.6 Å². The maximum Gasteiger partial charge on any atom is 0.129 e. The molecule has 0 amide bonds. The van der Waals surface area contributed by atoms with Crippen LogP contribution in [-0.4, -0.2) is 37.6 Å². The van der Waals surface area contributed by atoms with Gasteiger partial charge in [0.1, 0.15) is 11.6 Å². The van der Waals surface area contributed by atoms with Crippen molar-refractivity contribution in [2.75, 3.05) is 32.7 Å². The molecule has 100 valence electrons. The van der Waals surface area contributed by atoms with E-state index in [0.29, 0.717) is 12.0 Å². The zero-order valence-corrected chi connectivity index (χ0v) is 10.6. The molecular weight excluding hydrogens is 234 g/mol. The third-order valence-electron chi connectivity index (χ3n) is 3.39. The van der Waals surface area contributed by atoms with Crippen molar-refractivity contribution in [3.05, 3.63) is 35.4 Å². The van der Waals surface area contributed by atoms with Crippen molar-refractivity contribution in [1.82, 2.24) is 10.2 Å². The summed E-state index contributed by atoms with van der Waals surface area (Å²) in [5.74, 6) is -0.963. The van der Waals surface area contributed by atoms with Crippen molar-refractivity contribution in [2.45, 2.75) is 19.3 Å². The Kier molecular flexibility index (Phi) is 5.08. The lowest BCUT2D eigenvalue weighted by Gasteiger charge is -2.14. The van der Waals surface area contributed by atoms with Gasteiger partial charge in [0, 0.05) is 19.2 Å². The van der Waals surface area contributed by atoms with Crippen molar-refractivity contribution >= 4 is 0 Å². The summed E-state index contributed by atoms with van der Waals surface area (Å²) in [6.45, 7) is 5.13. The summed E-state index contributed by atoms with van der Waals surface area (Å²) in [4.78, 5) is 2.44. The SMILES string of the molecule is Fc1ccc(CCNCCN2CCCC2)c(F)c1. The van der Waals surface area contributed by atoms with E-state index in [9.17, 15) is 8.78 Å². The van der Waals surface area contributed by atoms with Crippen LogP contribution < -0.4 is 5.32 Å². The van der Waals surface area contributed by atoms with Crippen LogP contribution in [0.25, 0.3) is 0 Å². The third-order valence-corrected chi connectivity index (χ3v) is 3.39. The summed E-state index contributed by atoms with van der Waals surface area (Å²) in [5.41, 5.74) is 0.574. The van der Waals surface area contributed by atoms with Crippen molar-refractivity contribution < 1.29 is 8.78 Å². The molecule has 1 heterocycles. The molecule has 0 radical (unpaired) electrons. The Labute approximate surface area is 107 Å². The first-order valence-corrected chi connectivity index (χ1v) is 6.63. The molecule has 4 heteroatoms. The number of benzene rings is 1. The highest BCUT2D eigenvalue weighted by atomic mass is 19.1. The van der Waals surface area contributed by atoms with Crippen LogP contribution in [0.2, 0.25) is 0 Å². The molecule has 0 spiro atoms. The Balaban J connectivity index is 1.62. The topological polar surface area (TPSA) is 15.3 Å². The van der Waals surface area contributed by atoms with Gasteiger partial charge in [-0.25, -0.2) is 8.78 Å². The summed E-state index contributed by atoms with van der Waals surface area (Å²) < 4.78 is 26.0. The Hall–Kier alpha value is -1.00. The van der Waals surface area contributed by atoms with E-state index < -0.39 is 11.6 Å². The summed E-state index contributed by atoms with van der Waals surface area (Å²) in [6, 6.07) is 3.77. The zero-order chi connectivity index (χ0) is 12.8. The Morgan fingerprint density at radius 3 is 2.61 bits per heavy atom. The predicted octanol–water partition coefficient (Wildman–Crippen LogP) is 2.19. The van der Waals surface area contributed by atoms with E-state index in [1.165, 1.54) is 38.1 Å². The van der Waals surface area contributed by atoms with E-state index in [1.807, 2.05) is 0 Å². The molecule has 1 saturated heterocycles. The van der Waals surface area contributed by atoms with Gasteiger partial charge in [-0.1, -0.05) is 6.07 Å². The largest absolute Gasteiger partial charge is 0.315 e. The van der Waals surface area contributed by atoms with Gasteiger partial charge in [0.2, 0.25) is 0 Å². The van der Waals surface area contributed by atoms with E-state index in [2.05, 4.69) is 10.2 Å². The van der Waals surface area contributed by atoms with Crippen LogP contribution in [0.15, 0.2) is 18.2 Å². The second kappa shape index (κ2) is 6.81. The van der Waals surface area contributed by atoms with Gasteiger partial charge in [0.05, 0.1) is 0 Å². The molecule has 1 aliphatic rings. The van der Waals surface area contributed by atoms with E-state index >= 15 is 0 Å². The highest BCUT2D eigenvalue weighted by Crippen LogP contribution is 2.09. The Morgan fingerprint density at radius 2 is 1.89 bits per heavy atom. The van der Waals surface area contributed by atoms with Gasteiger partial charge >= 0.3 is 0 Å². The lowest BCUT2D eigenvalue weighted by atomic mass is 10.1. The van der Waals surface area contributed by atoms with Gasteiger partial charge in [-0.15, -0.1) is 0 Å². The number of hydrogen-bond donors (Lipinski definition) is 1. The van der Waals surface area contributed by atoms with Crippen molar-refractivity contribution in [3.8, 4) is 0 Å². The molecule has 0 unspecified atom stereocenters. The number of hydrogen-bond acceptors (Lipinski definition) is 2. The Morgan fingerprint density at radius 1 is 1.11 bits per heavy atom. The molecule has 0 atom stereocenters. The van der Waals surface area contributed by atoms with Gasteiger partial charge in [-0.2, -0.15) is 0 Å². The minimum atomic E-state index is -0.516. The fourth-order valence-electron chi connectivity index (χ4n) is 2.32. The van der Waals surface area contributed by atoms with E-state index in [0.717, 1.165) is 25.7 Å². The molecule has 0 bridgehead atoms. The average Bonchev–Trinajstić information content (AvgIpc) is 2.84. The molecule has 1 aromatic rings. The molecule has 1 fully saturated rings. The van der Waals surface area contributed by atoms with Crippen LogP contribution >= 0.6 is 0 Å². The van der Waals surface area contributed by atoms with Gasteiger partial charge in [0.25, 0.3) is 0 Å². The molecule has 0 aliphatic carbocycles. The second-order valence-electron chi connectivity index (χ2n) is 4.78. The predicted molar refractivity (Wildman–Crippen MR) is 68.6 cm³/mol. The average molecular weight is 254 g/mol. The standard InChI is InChI=1S/C14H20F2N2/c15-13-4-3-12(14(16)11-13)5-6-17-7-10-18-8-1-2-9-18/h3-4,11,17H,1-2,5-10H2. The van der Waals surface area contributed by atoms with Crippen molar-refractivity contribution in [2.24, 2.45) is 0 Å². The number of nitrogens with zero attached hydrogens (tertiary/aromatic N) is 1. The van der Waals surface area contributed by atoms with Crippen LogP contribution in [0.3, 0.4) is 0 Å². The second-order valence-corrected chi connectivity index (χ2v) is 4.78. The van der Waals surface area contributed by atoms with Gasteiger partial charge in [-0.3, -0.25) is 0 Å². The van der Waals surface area contributed by atoms with Crippen LogP contribution in [-0.2, 0) is 6.42 Å². The monoisotopic (exact) mass is 254 g/mol. The summed E-state index contributed by atoms with van der Waals surface area (Å²) >= 11 is 0. The molecule has 2 rings (SSSR count). The number of likely N-dealkylation sites (tertiary alicyclic amines) is 1. The minimum Gasteiger partial charge on any atom is -0.315 e. The number of nitrogens with one attached hydrogen (secondary N) is 1. The summed E-state index contributed by atoms with van der Waals surface area (Å²) in [7, 11) is 0. The lowest BCUT2D eigenvalue weighted by Crippen LogP contribution is -2.31. The van der Waals surface area contributed by atoms with E-state index in [4.69, 9.17) is 0 Å². The first-order chi connectivity index (χ1) is 8.75. The highest BCUT2D eigenvalue weighted by Gasteiger charge is 2.10. The fraction of sp³-hybridized carbons (Fsp3) is 0.571. The third kappa shape index (κ3) is 4.03. The quantitative estimate of drug-likeness (QED) is 0.783. The molecule has 0 aromatic heterocycles. The van der Waals surface area contributed by atoms with E-state index in [-0.39, 0.29) is 0 Å². The molecule has 1 N–H and O–H groups in total. The first-order valence-electron chi connectivity index (χ1n) is 6.63. The van der Waals surface area contributed by atoms with Gasteiger partial charge in [0.15, 0.2) is 0 Å². The molecule has 18 heavy (non-hydrogen) atoms. The lowest BCUT2D eigenvalue weighted by molar-refractivity contribution is 0.336. The Bertz CT molecular complexity index is 376. The smallest absolute Gasteiger partial charge is 0.129 e. The normalized spacial score (nSPS) is 16.3. The van der Waals surface area contributed by atoms with E-state index in [1.54, 1.807) is 0 Å². The van der Waals surface area contributed by atoms with Crippen molar-refractivity contribution in [3.63, 3.8) is 0 Å². The summed E-state index contributed by atoms with van der Waals surface area (Å²) in [6.07, 6.45) is 3.22. The van der Waals surface area contributed by atoms with Gasteiger partial charge < -0.3 is 10.2 Å². The molecule has 1 aliphatic heterocycles. The molecule has 2 nitrogen and oxygen atoms in total. The van der Waals surface area contributed by atoms with Crippen LogP contribution in [0.4, 0.5) is 8.78 Å². The first kappa shape index (κ1) is 13.4. The van der Waals surface area contributed by atoms with Crippen LogP contribution in [0.1, 0.15) is 18.4 Å². The fourth-order valence-corrected chi connectivity index (χ4v) is 2.32. The number of rotatable bonds is 6. The zero-order valence-electron chi connectivity index (χ0n) is 10.6. The van der Waals surface area contributed by atoms with Crippen molar-refractivity contribution in [1.29, 1.82) is 0 Å². The number of halogens is 2. The summed E-state index contributed by atoms with van der Waals surface area (Å²) in [5, 5.41) is 3.30. The highest BCUT2D eigenvalue weighted by molar-refractivity contribution is 5.18.